The second kappa shape index (κ2) is 7.15. The lowest BCUT2D eigenvalue weighted by atomic mass is 10.1. The minimum atomic E-state index is -0.458. The molecular formula is C18H23BrN4O2. The van der Waals surface area contributed by atoms with Gasteiger partial charge in [0.25, 0.3) is 0 Å². The number of carbonyl (C=O) groups is 1. The van der Waals surface area contributed by atoms with Crippen molar-refractivity contribution in [1.29, 1.82) is 0 Å². The molecule has 0 radical (unpaired) electrons. The highest BCUT2D eigenvalue weighted by atomic mass is 79.9. The van der Waals surface area contributed by atoms with Crippen LogP contribution in [0.2, 0.25) is 0 Å². The number of amides is 1. The molecule has 0 saturated carbocycles. The Balaban J connectivity index is 1.55. The van der Waals surface area contributed by atoms with Crippen LogP contribution in [0.15, 0.2) is 28.9 Å². The first kappa shape index (κ1) is 17.9. The molecule has 3 rings (SSSR count). The van der Waals surface area contributed by atoms with E-state index >= 15 is 0 Å². The van der Waals surface area contributed by atoms with E-state index in [1.54, 1.807) is 4.90 Å². The van der Waals surface area contributed by atoms with Crippen LogP contribution in [0.5, 0.6) is 0 Å². The molecule has 0 aliphatic carbocycles. The molecular weight excluding hydrogens is 384 g/mol. The maximum Gasteiger partial charge on any atom is 0.410 e. The molecule has 0 bridgehead atoms. The van der Waals surface area contributed by atoms with Gasteiger partial charge in [-0.1, -0.05) is 22.0 Å². The van der Waals surface area contributed by atoms with Crippen LogP contribution in [0, 0.1) is 5.92 Å². The molecule has 2 heterocycles. The van der Waals surface area contributed by atoms with Crippen LogP contribution in [-0.4, -0.2) is 46.2 Å². The van der Waals surface area contributed by atoms with Gasteiger partial charge in [0.15, 0.2) is 0 Å². The number of fused-ring (bicyclic) bond motifs is 1. The number of carbonyl (C=O) groups excluding carboxylic acids is 1. The lowest BCUT2D eigenvalue weighted by molar-refractivity contribution is 0.0289. The second-order valence-electron chi connectivity index (χ2n) is 7.36. The van der Waals surface area contributed by atoms with Crippen LogP contribution >= 0.6 is 15.9 Å². The van der Waals surface area contributed by atoms with Gasteiger partial charge in [-0.05, 0) is 45.2 Å². The summed E-state index contributed by atoms with van der Waals surface area (Å²) in [5, 5.41) is 4.29. The zero-order valence-electron chi connectivity index (χ0n) is 14.8. The van der Waals surface area contributed by atoms with Gasteiger partial charge < -0.3 is 15.0 Å². The molecule has 134 valence electrons. The Kier molecular flexibility index (Phi) is 5.13. The number of rotatable bonds is 3. The lowest BCUT2D eigenvalue weighted by Crippen LogP contribution is -2.35. The van der Waals surface area contributed by atoms with Gasteiger partial charge in [-0.15, -0.1) is 0 Å². The van der Waals surface area contributed by atoms with Gasteiger partial charge in [-0.3, -0.25) is 0 Å². The van der Waals surface area contributed by atoms with Crippen molar-refractivity contribution in [1.82, 2.24) is 14.9 Å². The maximum absolute atomic E-state index is 12.1. The molecule has 1 N–H and O–H groups in total. The zero-order chi connectivity index (χ0) is 18.0. The van der Waals surface area contributed by atoms with E-state index in [9.17, 15) is 4.79 Å². The van der Waals surface area contributed by atoms with Crippen molar-refractivity contribution < 1.29 is 9.53 Å². The van der Waals surface area contributed by atoms with Crippen LogP contribution in [0.1, 0.15) is 27.2 Å². The Morgan fingerprint density at radius 2 is 2.24 bits per heavy atom. The molecule has 1 unspecified atom stereocenters. The van der Waals surface area contributed by atoms with Gasteiger partial charge in [-0.25, -0.2) is 14.8 Å². The molecule has 1 saturated heterocycles. The van der Waals surface area contributed by atoms with Crippen molar-refractivity contribution in [2.75, 3.05) is 25.0 Å². The van der Waals surface area contributed by atoms with Crippen molar-refractivity contribution in [2.24, 2.45) is 5.92 Å². The van der Waals surface area contributed by atoms with Crippen LogP contribution in [0.3, 0.4) is 0 Å². The van der Waals surface area contributed by atoms with E-state index in [1.165, 1.54) is 0 Å². The van der Waals surface area contributed by atoms with Crippen LogP contribution in [-0.2, 0) is 4.74 Å². The molecule has 1 atom stereocenters. The number of aromatic nitrogens is 2. The highest BCUT2D eigenvalue weighted by Gasteiger charge is 2.29. The molecule has 1 aromatic carbocycles. The minimum Gasteiger partial charge on any atom is -0.444 e. The third-order valence-corrected chi connectivity index (χ3v) is 4.52. The summed E-state index contributed by atoms with van der Waals surface area (Å²) in [5.41, 5.74) is 0.439. The number of ether oxygens (including phenoxy) is 1. The number of anilines is 1. The van der Waals surface area contributed by atoms with E-state index in [0.717, 1.165) is 34.9 Å². The fourth-order valence-electron chi connectivity index (χ4n) is 2.81. The van der Waals surface area contributed by atoms with E-state index in [-0.39, 0.29) is 6.09 Å². The molecule has 6 nitrogen and oxygen atoms in total. The SMILES string of the molecule is CC(C)(C)OC(=O)N1CCC(CNc2ncc3ccc(Br)cc3n2)C1. The molecule has 2 aromatic rings. The molecule has 1 aromatic heterocycles. The fraction of sp³-hybridized carbons (Fsp3) is 0.500. The number of likely N-dealkylation sites (tertiary alicyclic amines) is 1. The molecule has 1 aliphatic rings. The Bertz CT molecular complexity index is 775. The summed E-state index contributed by atoms with van der Waals surface area (Å²) in [5.74, 6) is 0.982. The van der Waals surface area contributed by atoms with Gasteiger partial charge in [0.05, 0.1) is 5.52 Å². The summed E-state index contributed by atoms with van der Waals surface area (Å²) in [7, 11) is 0. The third-order valence-electron chi connectivity index (χ3n) is 4.03. The van der Waals surface area contributed by atoms with Crippen LogP contribution in [0.4, 0.5) is 10.7 Å². The highest BCUT2D eigenvalue weighted by molar-refractivity contribution is 9.10. The van der Waals surface area contributed by atoms with E-state index in [0.29, 0.717) is 18.4 Å². The van der Waals surface area contributed by atoms with E-state index in [1.807, 2.05) is 45.2 Å². The van der Waals surface area contributed by atoms with Gasteiger partial charge >= 0.3 is 6.09 Å². The number of hydrogen-bond donors (Lipinski definition) is 1. The molecule has 1 aliphatic heterocycles. The van der Waals surface area contributed by atoms with Crippen molar-refractivity contribution in [3.05, 3.63) is 28.9 Å². The van der Waals surface area contributed by atoms with E-state index < -0.39 is 5.60 Å². The smallest absolute Gasteiger partial charge is 0.410 e. The quantitative estimate of drug-likeness (QED) is 0.831. The normalized spacial score (nSPS) is 17.8. The Morgan fingerprint density at radius 3 is 3.00 bits per heavy atom. The largest absolute Gasteiger partial charge is 0.444 e. The van der Waals surface area contributed by atoms with Crippen molar-refractivity contribution in [3.63, 3.8) is 0 Å². The molecule has 1 fully saturated rings. The first-order chi connectivity index (χ1) is 11.8. The van der Waals surface area contributed by atoms with E-state index in [2.05, 4.69) is 31.2 Å². The van der Waals surface area contributed by atoms with Crippen LogP contribution < -0.4 is 5.32 Å². The monoisotopic (exact) mass is 406 g/mol. The van der Waals surface area contributed by atoms with Gasteiger partial charge in [0.2, 0.25) is 5.95 Å². The van der Waals surface area contributed by atoms with Crippen LogP contribution in [0.25, 0.3) is 10.9 Å². The average Bonchev–Trinajstić information content (AvgIpc) is 3.00. The van der Waals surface area contributed by atoms with E-state index in [4.69, 9.17) is 4.74 Å². The van der Waals surface area contributed by atoms with Crippen molar-refractivity contribution in [2.45, 2.75) is 32.8 Å². The zero-order valence-corrected chi connectivity index (χ0v) is 16.3. The predicted molar refractivity (Wildman–Crippen MR) is 102 cm³/mol. The molecule has 7 heteroatoms. The minimum absolute atomic E-state index is 0.234. The highest BCUT2D eigenvalue weighted by Crippen LogP contribution is 2.21. The Hall–Kier alpha value is -1.89. The molecule has 0 spiro atoms. The lowest BCUT2D eigenvalue weighted by Gasteiger charge is -2.24. The second-order valence-corrected chi connectivity index (χ2v) is 8.27. The summed E-state index contributed by atoms with van der Waals surface area (Å²) >= 11 is 3.46. The number of benzene rings is 1. The summed E-state index contributed by atoms with van der Waals surface area (Å²) in [4.78, 5) is 22.8. The number of halogens is 1. The number of nitrogens with one attached hydrogen (secondary N) is 1. The first-order valence-electron chi connectivity index (χ1n) is 8.44. The summed E-state index contributed by atoms with van der Waals surface area (Å²) < 4.78 is 6.42. The average molecular weight is 407 g/mol. The maximum atomic E-state index is 12.1. The Morgan fingerprint density at radius 1 is 1.44 bits per heavy atom. The van der Waals surface area contributed by atoms with Gasteiger partial charge in [-0.2, -0.15) is 0 Å². The van der Waals surface area contributed by atoms with Crippen molar-refractivity contribution in [3.8, 4) is 0 Å². The predicted octanol–water partition coefficient (Wildman–Crippen LogP) is 4.06. The standard InChI is InChI=1S/C18H23BrN4O2/c1-18(2,3)25-17(24)23-7-6-12(11-23)9-20-16-21-10-13-4-5-14(19)8-15(13)22-16/h4-5,8,10,12H,6-7,9,11H2,1-3H3,(H,20,21,22). The summed E-state index contributed by atoms with van der Waals surface area (Å²) in [6.07, 6.45) is 2.53. The summed E-state index contributed by atoms with van der Waals surface area (Å²) in [6.45, 7) is 7.81. The molecule has 25 heavy (non-hydrogen) atoms. The number of nitrogens with zero attached hydrogens (tertiary/aromatic N) is 3. The summed E-state index contributed by atoms with van der Waals surface area (Å²) in [6, 6.07) is 5.93. The van der Waals surface area contributed by atoms with Gasteiger partial charge in [0.1, 0.15) is 5.60 Å². The first-order valence-corrected chi connectivity index (χ1v) is 9.23. The number of hydrogen-bond acceptors (Lipinski definition) is 5. The fourth-order valence-corrected chi connectivity index (χ4v) is 3.16. The third kappa shape index (κ3) is 4.81. The van der Waals surface area contributed by atoms with Crippen molar-refractivity contribution >= 4 is 38.9 Å². The topological polar surface area (TPSA) is 67.3 Å². The Labute approximate surface area is 156 Å². The van der Waals surface area contributed by atoms with Gasteiger partial charge in [0, 0.05) is 35.7 Å². The molecule has 1 amide bonds.